The molecule has 7 heteroatoms. The molecule has 0 saturated heterocycles. The van der Waals surface area contributed by atoms with Crippen molar-refractivity contribution >= 4 is 39.7 Å². The Morgan fingerprint density at radius 1 is 1.21 bits per heavy atom. The van der Waals surface area contributed by atoms with Crippen molar-refractivity contribution in [3.63, 3.8) is 0 Å². The van der Waals surface area contributed by atoms with Crippen LogP contribution >= 0.6 is 11.6 Å². The molecule has 2 atom stereocenters. The third-order valence-corrected chi connectivity index (χ3v) is 7.16. The number of halogens is 2. The van der Waals surface area contributed by atoms with Gasteiger partial charge in [-0.25, -0.2) is 14.4 Å². The molecule has 2 unspecified atom stereocenters. The number of aromatic nitrogens is 2. The van der Waals surface area contributed by atoms with Gasteiger partial charge in [-0.3, -0.25) is 0 Å². The highest BCUT2D eigenvalue weighted by Gasteiger charge is 2.89. The van der Waals surface area contributed by atoms with Crippen molar-refractivity contribution in [1.82, 2.24) is 9.97 Å². The maximum atomic E-state index is 13.4. The van der Waals surface area contributed by atoms with Gasteiger partial charge in [-0.05, 0) is 54.9 Å². The molecular weight excluding hydrogens is 379 g/mol. The Morgan fingerprint density at radius 2 is 2.04 bits per heavy atom. The monoisotopic (exact) mass is 396 g/mol. The van der Waals surface area contributed by atoms with Gasteiger partial charge in [0.05, 0.1) is 22.8 Å². The summed E-state index contributed by atoms with van der Waals surface area (Å²) in [6.07, 6.45) is 4.20. The fourth-order valence-corrected chi connectivity index (χ4v) is 5.57. The number of hydrogen-bond donors (Lipinski definition) is 2. The summed E-state index contributed by atoms with van der Waals surface area (Å²) in [6.45, 7) is 0.757. The Hall–Kier alpha value is -2.60. The summed E-state index contributed by atoms with van der Waals surface area (Å²) in [5.41, 5.74) is 8.65. The first-order valence-electron chi connectivity index (χ1n) is 9.47. The minimum absolute atomic E-state index is 0.0466. The number of rotatable bonds is 5. The van der Waals surface area contributed by atoms with E-state index >= 15 is 0 Å². The van der Waals surface area contributed by atoms with Crippen molar-refractivity contribution in [2.24, 2.45) is 23.2 Å². The number of nitrogens with one attached hydrogen (secondary N) is 1. The highest BCUT2D eigenvalue weighted by Crippen LogP contribution is 2.91. The van der Waals surface area contributed by atoms with Gasteiger partial charge in [-0.15, -0.1) is 0 Å². The molecular formula is C21H18ClFN4O. The molecule has 4 aliphatic rings. The van der Waals surface area contributed by atoms with Crippen LogP contribution in [0.15, 0.2) is 36.7 Å². The van der Waals surface area contributed by atoms with E-state index in [0.29, 0.717) is 28.4 Å². The molecule has 1 aromatic heterocycles. The van der Waals surface area contributed by atoms with Crippen molar-refractivity contribution in [2.75, 3.05) is 17.7 Å². The van der Waals surface area contributed by atoms with Crippen LogP contribution in [0.3, 0.4) is 0 Å². The fraction of sp³-hybridized carbons (Fsp3) is 0.333. The first-order valence-corrected chi connectivity index (χ1v) is 9.85. The first-order chi connectivity index (χ1) is 13.6. The summed E-state index contributed by atoms with van der Waals surface area (Å²) in [6, 6.07) is 8.12. The lowest BCUT2D eigenvalue weighted by Crippen LogP contribution is -2.11. The van der Waals surface area contributed by atoms with Gasteiger partial charge in [0, 0.05) is 22.6 Å². The van der Waals surface area contributed by atoms with E-state index in [0.717, 1.165) is 35.3 Å². The standard InChI is InChI=1S/C21H18ClFN4O/c22-14-5-10(1-4-15(14)23)27-20-11-6-16(24)18(7-17(11)25-9-26-20)28-8-21-12-2-3-13(21)19(12)21/h1,4-7,9,12-13,19H,2-3,8,24H2,(H,25,26,27). The lowest BCUT2D eigenvalue weighted by atomic mass is 10.1. The third kappa shape index (κ3) is 2.18. The number of nitrogens with two attached hydrogens (primary N) is 1. The van der Waals surface area contributed by atoms with Crippen LogP contribution in [0.25, 0.3) is 10.9 Å². The van der Waals surface area contributed by atoms with Crippen LogP contribution in [-0.2, 0) is 0 Å². The predicted molar refractivity (Wildman–Crippen MR) is 106 cm³/mol. The summed E-state index contributed by atoms with van der Waals surface area (Å²) in [4.78, 5) is 8.66. The molecule has 7 rings (SSSR count). The molecule has 3 N–H and O–H groups in total. The average Bonchev–Trinajstić information content (AvgIpc) is 3.33. The van der Waals surface area contributed by atoms with Crippen LogP contribution in [0.4, 0.5) is 21.6 Å². The molecule has 142 valence electrons. The number of nitrogens with zero attached hydrogens (tertiary/aromatic N) is 2. The molecule has 0 spiro atoms. The fourth-order valence-electron chi connectivity index (χ4n) is 5.39. The second kappa shape index (κ2) is 5.47. The molecule has 3 aromatic rings. The maximum absolute atomic E-state index is 13.4. The van der Waals surface area contributed by atoms with Gasteiger partial charge >= 0.3 is 0 Å². The molecule has 4 saturated carbocycles. The molecule has 2 aromatic carbocycles. The second-order valence-electron chi connectivity index (χ2n) is 8.10. The summed E-state index contributed by atoms with van der Waals surface area (Å²) < 4.78 is 19.5. The lowest BCUT2D eigenvalue weighted by Gasteiger charge is -2.14. The zero-order chi connectivity index (χ0) is 19.0. The van der Waals surface area contributed by atoms with Gasteiger partial charge in [-0.1, -0.05) is 11.6 Å². The molecule has 0 aliphatic heterocycles. The van der Waals surface area contributed by atoms with Crippen molar-refractivity contribution in [3.05, 3.63) is 47.5 Å². The van der Waals surface area contributed by atoms with Crippen LogP contribution < -0.4 is 15.8 Å². The molecule has 4 aliphatic carbocycles. The van der Waals surface area contributed by atoms with Crippen LogP contribution in [0.1, 0.15) is 12.8 Å². The number of hydrogen-bond acceptors (Lipinski definition) is 5. The lowest BCUT2D eigenvalue weighted by molar-refractivity contribution is 0.247. The predicted octanol–water partition coefficient (Wildman–Crippen LogP) is 4.78. The zero-order valence-electron chi connectivity index (χ0n) is 15.0. The quantitative estimate of drug-likeness (QED) is 0.607. The van der Waals surface area contributed by atoms with E-state index in [9.17, 15) is 4.39 Å². The van der Waals surface area contributed by atoms with Gasteiger partial charge in [0.2, 0.25) is 0 Å². The molecule has 2 bridgehead atoms. The normalized spacial score (nSPS) is 28.9. The SMILES string of the molecule is Nc1cc2c(Nc3ccc(F)c(Cl)c3)ncnc2cc1OCC12C3CCC1C32. The van der Waals surface area contributed by atoms with Gasteiger partial charge in [0.15, 0.2) is 0 Å². The Labute approximate surface area is 166 Å². The number of fused-ring (bicyclic) bond motifs is 2. The van der Waals surface area contributed by atoms with Crippen molar-refractivity contribution in [1.29, 1.82) is 0 Å². The van der Waals surface area contributed by atoms with E-state index < -0.39 is 5.82 Å². The molecule has 4 fully saturated rings. The Balaban J connectivity index is 1.28. The molecule has 0 radical (unpaired) electrons. The number of nitrogen functional groups attached to an aromatic ring is 1. The van der Waals surface area contributed by atoms with Crippen LogP contribution in [0.5, 0.6) is 5.75 Å². The summed E-state index contributed by atoms with van der Waals surface area (Å²) in [7, 11) is 0. The number of ether oxygens (including phenoxy) is 1. The smallest absolute Gasteiger partial charge is 0.144 e. The van der Waals surface area contributed by atoms with Crippen molar-refractivity contribution in [3.8, 4) is 5.75 Å². The van der Waals surface area contributed by atoms with E-state index in [1.165, 1.54) is 31.3 Å². The molecule has 1 heterocycles. The van der Waals surface area contributed by atoms with E-state index in [-0.39, 0.29) is 5.02 Å². The van der Waals surface area contributed by atoms with E-state index in [4.69, 9.17) is 22.1 Å². The summed E-state index contributed by atoms with van der Waals surface area (Å²) in [5.74, 6) is 3.47. The largest absolute Gasteiger partial charge is 0.491 e. The summed E-state index contributed by atoms with van der Waals surface area (Å²) in [5, 5.41) is 3.97. The van der Waals surface area contributed by atoms with E-state index in [2.05, 4.69) is 15.3 Å². The van der Waals surface area contributed by atoms with Crippen molar-refractivity contribution < 1.29 is 9.13 Å². The third-order valence-electron chi connectivity index (χ3n) is 6.87. The maximum Gasteiger partial charge on any atom is 0.144 e. The molecule has 0 amide bonds. The number of benzene rings is 2. The number of anilines is 3. The van der Waals surface area contributed by atoms with Gasteiger partial charge in [-0.2, -0.15) is 0 Å². The van der Waals surface area contributed by atoms with E-state index in [1.54, 1.807) is 6.07 Å². The van der Waals surface area contributed by atoms with Crippen LogP contribution in [0, 0.1) is 29.0 Å². The topological polar surface area (TPSA) is 73.1 Å². The minimum atomic E-state index is -0.465. The zero-order valence-corrected chi connectivity index (χ0v) is 15.7. The highest BCUT2D eigenvalue weighted by molar-refractivity contribution is 6.31. The molecule has 5 nitrogen and oxygen atoms in total. The van der Waals surface area contributed by atoms with Gasteiger partial charge in [0.25, 0.3) is 0 Å². The van der Waals surface area contributed by atoms with Crippen LogP contribution in [0.2, 0.25) is 5.02 Å². The van der Waals surface area contributed by atoms with Crippen LogP contribution in [-0.4, -0.2) is 16.6 Å². The Bertz CT molecular complexity index is 1120. The van der Waals surface area contributed by atoms with Gasteiger partial charge in [0.1, 0.15) is 23.7 Å². The second-order valence-corrected chi connectivity index (χ2v) is 8.51. The summed E-state index contributed by atoms with van der Waals surface area (Å²) >= 11 is 5.86. The first kappa shape index (κ1) is 16.4. The molecule has 28 heavy (non-hydrogen) atoms. The minimum Gasteiger partial charge on any atom is -0.491 e. The Kier molecular flexibility index (Phi) is 3.20. The highest BCUT2D eigenvalue weighted by atomic mass is 35.5. The van der Waals surface area contributed by atoms with E-state index in [1.807, 2.05) is 12.1 Å². The Morgan fingerprint density at radius 3 is 2.79 bits per heavy atom. The van der Waals surface area contributed by atoms with Gasteiger partial charge < -0.3 is 15.8 Å². The average molecular weight is 397 g/mol. The van der Waals surface area contributed by atoms with Crippen molar-refractivity contribution in [2.45, 2.75) is 12.8 Å².